The molecular formula is C15H12F2O2. The van der Waals surface area contributed by atoms with Crippen LogP contribution in [0.1, 0.15) is 15.9 Å². The monoisotopic (exact) mass is 262 g/mol. The van der Waals surface area contributed by atoms with Crippen molar-refractivity contribution >= 4 is 5.78 Å². The van der Waals surface area contributed by atoms with E-state index >= 15 is 0 Å². The molecule has 0 heterocycles. The van der Waals surface area contributed by atoms with Crippen LogP contribution in [0.4, 0.5) is 8.78 Å². The van der Waals surface area contributed by atoms with Crippen molar-refractivity contribution in [1.82, 2.24) is 0 Å². The highest BCUT2D eigenvalue weighted by molar-refractivity contribution is 5.97. The van der Waals surface area contributed by atoms with Crippen molar-refractivity contribution in [3.63, 3.8) is 0 Å². The Balaban J connectivity index is 2.04. The van der Waals surface area contributed by atoms with Gasteiger partial charge in [-0.15, -0.1) is 0 Å². The highest BCUT2D eigenvalue weighted by atomic mass is 19.1. The molecule has 2 aromatic rings. The minimum absolute atomic E-state index is 0.0127. The van der Waals surface area contributed by atoms with E-state index in [9.17, 15) is 13.6 Å². The molecule has 0 bridgehead atoms. The molecule has 4 heteroatoms. The van der Waals surface area contributed by atoms with E-state index in [2.05, 4.69) is 0 Å². The average Bonchev–Trinajstić information content (AvgIpc) is 2.40. The molecule has 0 unspecified atom stereocenters. The Bertz CT molecular complexity index is 609. The fourth-order valence-corrected chi connectivity index (χ4v) is 1.62. The Hall–Kier alpha value is -2.23. The van der Waals surface area contributed by atoms with Crippen LogP contribution in [0.25, 0.3) is 0 Å². The summed E-state index contributed by atoms with van der Waals surface area (Å²) in [6.45, 7) is 1.31. The summed E-state index contributed by atoms with van der Waals surface area (Å²) in [5, 5.41) is 0. The molecule has 0 atom stereocenters. The van der Waals surface area contributed by atoms with Crippen LogP contribution in [0.2, 0.25) is 0 Å². The first-order chi connectivity index (χ1) is 9.08. The summed E-state index contributed by atoms with van der Waals surface area (Å²) in [7, 11) is 0. The number of carbonyl (C=O) groups excluding carboxylic acids is 1. The number of halogens is 2. The SMILES string of the molecule is Cc1cc(OCC(=O)c2ccccc2F)ccc1F. The molecule has 2 nitrogen and oxygen atoms in total. The van der Waals surface area contributed by atoms with Crippen molar-refractivity contribution in [3.8, 4) is 5.75 Å². The van der Waals surface area contributed by atoms with E-state index < -0.39 is 11.6 Å². The zero-order valence-electron chi connectivity index (χ0n) is 10.3. The number of hydrogen-bond acceptors (Lipinski definition) is 2. The summed E-state index contributed by atoms with van der Waals surface area (Å²) in [6, 6.07) is 9.89. The Labute approximate surface area is 109 Å². The van der Waals surface area contributed by atoms with Crippen LogP contribution in [0.5, 0.6) is 5.75 Å². The lowest BCUT2D eigenvalue weighted by molar-refractivity contribution is 0.0917. The number of Topliss-reactive ketones (excluding diaryl/α,β-unsaturated/α-hetero) is 1. The standard InChI is InChI=1S/C15H12F2O2/c1-10-8-11(6-7-13(10)16)19-9-15(18)12-4-2-3-5-14(12)17/h2-8H,9H2,1H3. The zero-order chi connectivity index (χ0) is 13.8. The van der Waals surface area contributed by atoms with Crippen LogP contribution < -0.4 is 4.74 Å². The maximum absolute atomic E-state index is 13.4. The predicted octanol–water partition coefficient (Wildman–Crippen LogP) is 3.53. The Morgan fingerprint density at radius 2 is 1.84 bits per heavy atom. The minimum atomic E-state index is -0.577. The molecule has 2 aromatic carbocycles. The van der Waals surface area contributed by atoms with Crippen molar-refractivity contribution in [2.45, 2.75) is 6.92 Å². The second kappa shape index (κ2) is 5.61. The van der Waals surface area contributed by atoms with Gasteiger partial charge in [0.25, 0.3) is 0 Å². The molecule has 0 N–H and O–H groups in total. The van der Waals surface area contributed by atoms with Gasteiger partial charge in [0, 0.05) is 0 Å². The third kappa shape index (κ3) is 3.16. The maximum atomic E-state index is 13.4. The van der Waals surface area contributed by atoms with E-state index in [1.54, 1.807) is 13.0 Å². The van der Waals surface area contributed by atoms with Gasteiger partial charge >= 0.3 is 0 Å². The number of hydrogen-bond donors (Lipinski definition) is 0. The topological polar surface area (TPSA) is 26.3 Å². The van der Waals surface area contributed by atoms with Gasteiger partial charge in [0.05, 0.1) is 5.56 Å². The average molecular weight is 262 g/mol. The van der Waals surface area contributed by atoms with Crippen LogP contribution in [-0.2, 0) is 0 Å². The molecule has 19 heavy (non-hydrogen) atoms. The van der Waals surface area contributed by atoms with Gasteiger partial charge in [0.15, 0.2) is 6.61 Å². The summed E-state index contributed by atoms with van der Waals surface area (Å²) in [5.74, 6) is -0.997. The second-order valence-electron chi connectivity index (χ2n) is 4.10. The predicted molar refractivity (Wildman–Crippen MR) is 67.4 cm³/mol. The molecule has 0 aliphatic heterocycles. The second-order valence-corrected chi connectivity index (χ2v) is 4.10. The molecule has 0 aliphatic rings. The third-order valence-electron chi connectivity index (χ3n) is 2.67. The van der Waals surface area contributed by atoms with Gasteiger partial charge in [-0.1, -0.05) is 12.1 Å². The normalized spacial score (nSPS) is 10.3. The first-order valence-electron chi connectivity index (χ1n) is 5.74. The molecule has 0 amide bonds. The molecule has 0 spiro atoms. The van der Waals surface area contributed by atoms with Crippen LogP contribution in [0, 0.1) is 18.6 Å². The lowest BCUT2D eigenvalue weighted by Crippen LogP contribution is -2.13. The lowest BCUT2D eigenvalue weighted by atomic mass is 10.1. The molecule has 0 fully saturated rings. The summed E-state index contributed by atoms with van der Waals surface area (Å²) < 4.78 is 31.6. The first kappa shape index (κ1) is 13.2. The van der Waals surface area contributed by atoms with Gasteiger partial charge < -0.3 is 4.74 Å². The molecule has 2 rings (SSSR count). The number of aryl methyl sites for hydroxylation is 1. The van der Waals surface area contributed by atoms with E-state index in [1.165, 1.54) is 36.4 Å². The van der Waals surface area contributed by atoms with Gasteiger partial charge in [-0.2, -0.15) is 0 Å². The fourth-order valence-electron chi connectivity index (χ4n) is 1.62. The highest BCUT2D eigenvalue weighted by Gasteiger charge is 2.11. The van der Waals surface area contributed by atoms with Gasteiger partial charge in [0.2, 0.25) is 5.78 Å². The van der Waals surface area contributed by atoms with Crippen LogP contribution in [0.3, 0.4) is 0 Å². The number of ketones is 1. The maximum Gasteiger partial charge on any atom is 0.203 e. The molecule has 0 saturated heterocycles. The van der Waals surface area contributed by atoms with E-state index in [4.69, 9.17) is 4.74 Å². The van der Waals surface area contributed by atoms with Crippen molar-refractivity contribution in [3.05, 3.63) is 65.2 Å². The summed E-state index contributed by atoms with van der Waals surface area (Å²) in [5.41, 5.74) is 0.414. The minimum Gasteiger partial charge on any atom is -0.485 e. The Morgan fingerprint density at radius 1 is 1.11 bits per heavy atom. The third-order valence-corrected chi connectivity index (χ3v) is 2.67. The van der Waals surface area contributed by atoms with E-state index in [1.807, 2.05) is 0 Å². The quantitative estimate of drug-likeness (QED) is 0.788. The summed E-state index contributed by atoms with van der Waals surface area (Å²) >= 11 is 0. The Kier molecular flexibility index (Phi) is 3.90. The molecule has 0 aliphatic carbocycles. The van der Waals surface area contributed by atoms with Gasteiger partial charge in [0.1, 0.15) is 17.4 Å². The first-order valence-corrected chi connectivity index (χ1v) is 5.74. The van der Waals surface area contributed by atoms with Crippen LogP contribution in [-0.4, -0.2) is 12.4 Å². The van der Waals surface area contributed by atoms with Gasteiger partial charge in [-0.25, -0.2) is 8.78 Å². The Morgan fingerprint density at radius 3 is 2.53 bits per heavy atom. The molecule has 0 radical (unpaired) electrons. The number of carbonyl (C=O) groups is 1. The van der Waals surface area contributed by atoms with Gasteiger partial charge in [-0.3, -0.25) is 4.79 Å². The summed E-state index contributed by atoms with van der Waals surface area (Å²) in [4.78, 5) is 11.8. The van der Waals surface area contributed by atoms with Gasteiger partial charge in [-0.05, 0) is 42.8 Å². The van der Waals surface area contributed by atoms with Crippen molar-refractivity contribution in [2.24, 2.45) is 0 Å². The lowest BCUT2D eigenvalue weighted by Gasteiger charge is -2.07. The fraction of sp³-hybridized carbons (Fsp3) is 0.133. The largest absolute Gasteiger partial charge is 0.485 e. The van der Waals surface area contributed by atoms with Crippen molar-refractivity contribution in [2.75, 3.05) is 6.61 Å². The molecular weight excluding hydrogens is 250 g/mol. The van der Waals surface area contributed by atoms with Crippen LogP contribution in [0.15, 0.2) is 42.5 Å². The van der Waals surface area contributed by atoms with Crippen LogP contribution >= 0.6 is 0 Å². The van der Waals surface area contributed by atoms with E-state index in [-0.39, 0.29) is 18.0 Å². The zero-order valence-corrected chi connectivity index (χ0v) is 10.3. The molecule has 98 valence electrons. The highest BCUT2D eigenvalue weighted by Crippen LogP contribution is 2.16. The number of ether oxygens (including phenoxy) is 1. The van der Waals surface area contributed by atoms with E-state index in [0.717, 1.165) is 0 Å². The van der Waals surface area contributed by atoms with E-state index in [0.29, 0.717) is 11.3 Å². The smallest absolute Gasteiger partial charge is 0.203 e. The van der Waals surface area contributed by atoms with Crippen molar-refractivity contribution < 1.29 is 18.3 Å². The van der Waals surface area contributed by atoms with Crippen molar-refractivity contribution in [1.29, 1.82) is 0 Å². The number of rotatable bonds is 4. The summed E-state index contributed by atoms with van der Waals surface area (Å²) in [6.07, 6.45) is 0. The number of benzene rings is 2. The molecule has 0 saturated carbocycles. The molecule has 0 aromatic heterocycles.